The highest BCUT2D eigenvalue weighted by atomic mass is 32.2. The van der Waals surface area contributed by atoms with Crippen LogP contribution in [0.3, 0.4) is 0 Å². The maximum absolute atomic E-state index is 13.2. The lowest BCUT2D eigenvalue weighted by Crippen LogP contribution is -2.49. The van der Waals surface area contributed by atoms with Crippen molar-refractivity contribution in [1.29, 1.82) is 0 Å². The van der Waals surface area contributed by atoms with Crippen LogP contribution in [0.4, 0.5) is 5.69 Å². The van der Waals surface area contributed by atoms with Gasteiger partial charge in [-0.3, -0.25) is 14.0 Å². The number of carbonyl (C=O) groups is 1. The van der Waals surface area contributed by atoms with E-state index in [1.54, 1.807) is 0 Å². The molecular formula is C25H35N3O3S. The van der Waals surface area contributed by atoms with Crippen molar-refractivity contribution in [3.05, 3.63) is 64.7 Å². The van der Waals surface area contributed by atoms with Crippen molar-refractivity contribution in [2.24, 2.45) is 0 Å². The van der Waals surface area contributed by atoms with E-state index < -0.39 is 16.1 Å². The number of likely N-dealkylation sites (tertiary alicyclic amines) is 1. The zero-order valence-corrected chi connectivity index (χ0v) is 20.4. The standard InChI is InChI=1S/C25H35N3O3S/c1-5-23(28(32(4,30)31)24-16-19(2)12-13-20(24)3)25(29)26-17-21-10-6-7-11-22(21)18-27-14-8-9-15-27/h6-7,10-13,16,23H,5,8-9,14-15,17-18H2,1-4H3,(H,26,29)/t23-/m1/s1. The Morgan fingerprint density at radius 2 is 1.75 bits per heavy atom. The van der Waals surface area contributed by atoms with E-state index in [0.29, 0.717) is 18.7 Å². The molecule has 1 aliphatic heterocycles. The summed E-state index contributed by atoms with van der Waals surface area (Å²) in [4.78, 5) is 15.7. The summed E-state index contributed by atoms with van der Waals surface area (Å²) in [5.41, 5.74) is 4.61. The quantitative estimate of drug-likeness (QED) is 0.623. The van der Waals surface area contributed by atoms with Gasteiger partial charge in [-0.25, -0.2) is 8.42 Å². The van der Waals surface area contributed by atoms with Gasteiger partial charge < -0.3 is 5.32 Å². The molecule has 1 saturated heterocycles. The van der Waals surface area contributed by atoms with Crippen LogP contribution in [0.15, 0.2) is 42.5 Å². The Kier molecular flexibility index (Phi) is 7.96. The number of carbonyl (C=O) groups excluding carboxylic acids is 1. The van der Waals surface area contributed by atoms with E-state index in [1.165, 1.54) is 22.7 Å². The predicted octanol–water partition coefficient (Wildman–Crippen LogP) is 3.76. The van der Waals surface area contributed by atoms with Crippen molar-refractivity contribution in [3.63, 3.8) is 0 Å². The van der Waals surface area contributed by atoms with Gasteiger partial charge in [-0.05, 0) is 74.5 Å². The van der Waals surface area contributed by atoms with Crippen molar-refractivity contribution in [2.75, 3.05) is 23.7 Å². The third kappa shape index (κ3) is 5.90. The van der Waals surface area contributed by atoms with Crippen LogP contribution < -0.4 is 9.62 Å². The number of benzene rings is 2. The van der Waals surface area contributed by atoms with Gasteiger partial charge in [0.1, 0.15) is 6.04 Å². The molecule has 2 aromatic carbocycles. The maximum atomic E-state index is 13.2. The molecule has 32 heavy (non-hydrogen) atoms. The number of hydrogen-bond acceptors (Lipinski definition) is 4. The minimum absolute atomic E-state index is 0.283. The molecule has 7 heteroatoms. The number of nitrogens with one attached hydrogen (secondary N) is 1. The molecule has 0 aromatic heterocycles. The molecule has 0 saturated carbocycles. The number of nitrogens with zero attached hydrogens (tertiary/aromatic N) is 2. The average molecular weight is 458 g/mol. The Hall–Kier alpha value is -2.38. The third-order valence-electron chi connectivity index (χ3n) is 6.10. The van der Waals surface area contributed by atoms with Crippen molar-refractivity contribution in [1.82, 2.24) is 10.2 Å². The van der Waals surface area contributed by atoms with Crippen LogP contribution in [0.2, 0.25) is 0 Å². The normalized spacial score (nSPS) is 15.5. The third-order valence-corrected chi connectivity index (χ3v) is 7.26. The highest BCUT2D eigenvalue weighted by Gasteiger charge is 2.32. The second kappa shape index (κ2) is 10.5. The second-order valence-corrected chi connectivity index (χ2v) is 10.6. The van der Waals surface area contributed by atoms with Crippen LogP contribution in [0, 0.1) is 13.8 Å². The number of amides is 1. The Morgan fingerprint density at radius 1 is 1.09 bits per heavy atom. The molecule has 1 amide bonds. The molecule has 0 radical (unpaired) electrons. The zero-order chi connectivity index (χ0) is 23.3. The van der Waals surface area contributed by atoms with Crippen LogP contribution in [-0.2, 0) is 27.9 Å². The molecule has 3 rings (SSSR count). The number of anilines is 1. The summed E-state index contributed by atoms with van der Waals surface area (Å²) < 4.78 is 26.8. The van der Waals surface area contributed by atoms with E-state index in [-0.39, 0.29) is 5.91 Å². The smallest absolute Gasteiger partial charge is 0.244 e. The maximum Gasteiger partial charge on any atom is 0.244 e. The van der Waals surface area contributed by atoms with Crippen molar-refractivity contribution < 1.29 is 13.2 Å². The van der Waals surface area contributed by atoms with E-state index in [0.717, 1.165) is 42.6 Å². The van der Waals surface area contributed by atoms with Gasteiger partial charge in [0.2, 0.25) is 15.9 Å². The van der Waals surface area contributed by atoms with E-state index in [4.69, 9.17) is 0 Å². The minimum atomic E-state index is -3.65. The lowest BCUT2D eigenvalue weighted by atomic mass is 10.1. The monoisotopic (exact) mass is 457 g/mol. The highest BCUT2D eigenvalue weighted by molar-refractivity contribution is 7.92. The summed E-state index contributed by atoms with van der Waals surface area (Å²) >= 11 is 0. The Bertz CT molecular complexity index is 1050. The molecule has 1 aliphatic rings. The summed E-state index contributed by atoms with van der Waals surface area (Å²) in [6, 6.07) is 13.0. The molecule has 174 valence electrons. The van der Waals surface area contributed by atoms with Gasteiger partial charge in [0.05, 0.1) is 11.9 Å². The van der Waals surface area contributed by atoms with Gasteiger partial charge >= 0.3 is 0 Å². The zero-order valence-electron chi connectivity index (χ0n) is 19.6. The molecule has 0 unspecified atom stereocenters. The van der Waals surface area contributed by atoms with Crippen molar-refractivity contribution in [2.45, 2.75) is 59.2 Å². The van der Waals surface area contributed by atoms with Gasteiger partial charge in [0.15, 0.2) is 0 Å². The first-order chi connectivity index (χ1) is 15.2. The summed E-state index contributed by atoms with van der Waals surface area (Å²) in [6.07, 6.45) is 4.01. The van der Waals surface area contributed by atoms with Gasteiger partial charge in [-0.2, -0.15) is 0 Å². The van der Waals surface area contributed by atoms with Gasteiger partial charge in [-0.15, -0.1) is 0 Å². The summed E-state index contributed by atoms with van der Waals surface area (Å²) in [7, 11) is -3.65. The lowest BCUT2D eigenvalue weighted by molar-refractivity contribution is -0.122. The van der Waals surface area contributed by atoms with E-state index in [9.17, 15) is 13.2 Å². The van der Waals surface area contributed by atoms with E-state index in [1.807, 2.05) is 57.2 Å². The first kappa shape index (κ1) is 24.3. The first-order valence-electron chi connectivity index (χ1n) is 11.3. The molecule has 1 N–H and O–H groups in total. The largest absolute Gasteiger partial charge is 0.350 e. The number of hydrogen-bond donors (Lipinski definition) is 1. The SMILES string of the molecule is CC[C@H](C(=O)NCc1ccccc1CN1CCCC1)N(c1cc(C)ccc1C)S(C)(=O)=O. The van der Waals surface area contributed by atoms with E-state index >= 15 is 0 Å². The molecule has 0 bridgehead atoms. The molecule has 0 spiro atoms. The first-order valence-corrected chi connectivity index (χ1v) is 13.2. The summed E-state index contributed by atoms with van der Waals surface area (Å²) in [5, 5.41) is 3.01. The van der Waals surface area contributed by atoms with Crippen molar-refractivity contribution >= 4 is 21.6 Å². The fourth-order valence-corrected chi connectivity index (χ4v) is 5.62. The van der Waals surface area contributed by atoms with Crippen LogP contribution in [0.5, 0.6) is 0 Å². The molecule has 1 heterocycles. The fraction of sp³-hybridized carbons (Fsp3) is 0.480. The molecule has 1 fully saturated rings. The molecule has 2 aromatic rings. The minimum Gasteiger partial charge on any atom is -0.350 e. The number of aryl methyl sites for hydroxylation is 2. The van der Waals surface area contributed by atoms with Crippen LogP contribution in [-0.4, -0.2) is 44.6 Å². The lowest BCUT2D eigenvalue weighted by Gasteiger charge is -2.31. The van der Waals surface area contributed by atoms with Gasteiger partial charge in [0.25, 0.3) is 0 Å². The fourth-order valence-electron chi connectivity index (χ4n) is 4.36. The molecule has 6 nitrogen and oxygen atoms in total. The Morgan fingerprint density at radius 3 is 2.38 bits per heavy atom. The molecule has 0 aliphatic carbocycles. The molecule has 1 atom stereocenters. The Labute approximate surface area is 192 Å². The van der Waals surface area contributed by atoms with Gasteiger partial charge in [-0.1, -0.05) is 43.3 Å². The predicted molar refractivity (Wildman–Crippen MR) is 130 cm³/mol. The van der Waals surface area contributed by atoms with Gasteiger partial charge in [0, 0.05) is 13.1 Å². The average Bonchev–Trinajstić information content (AvgIpc) is 3.25. The van der Waals surface area contributed by atoms with Crippen LogP contribution >= 0.6 is 0 Å². The van der Waals surface area contributed by atoms with E-state index in [2.05, 4.69) is 16.3 Å². The summed E-state index contributed by atoms with van der Waals surface area (Å²) in [5.74, 6) is -0.283. The van der Waals surface area contributed by atoms with Crippen LogP contribution in [0.1, 0.15) is 48.4 Å². The summed E-state index contributed by atoms with van der Waals surface area (Å²) in [6.45, 7) is 9.10. The second-order valence-electron chi connectivity index (χ2n) is 8.74. The van der Waals surface area contributed by atoms with Crippen molar-refractivity contribution in [3.8, 4) is 0 Å². The topological polar surface area (TPSA) is 69.7 Å². The van der Waals surface area contributed by atoms with Crippen LogP contribution in [0.25, 0.3) is 0 Å². The highest BCUT2D eigenvalue weighted by Crippen LogP contribution is 2.27. The molecular weight excluding hydrogens is 422 g/mol. The number of rotatable bonds is 9. The number of sulfonamides is 1. The Balaban J connectivity index is 1.80.